The van der Waals surface area contributed by atoms with Crippen molar-refractivity contribution in [3.8, 4) is 10.6 Å². The summed E-state index contributed by atoms with van der Waals surface area (Å²) in [4.78, 5) is 17.9. The summed E-state index contributed by atoms with van der Waals surface area (Å²) in [7, 11) is -1.48. The fourth-order valence-electron chi connectivity index (χ4n) is 3.16. The van der Waals surface area contributed by atoms with Gasteiger partial charge in [0.1, 0.15) is 16.0 Å². The van der Waals surface area contributed by atoms with E-state index >= 15 is 0 Å². The van der Waals surface area contributed by atoms with E-state index in [0.717, 1.165) is 26.7 Å². The second-order valence-electron chi connectivity index (χ2n) is 7.51. The zero-order valence-corrected chi connectivity index (χ0v) is 19.2. The van der Waals surface area contributed by atoms with Gasteiger partial charge in [-0.25, -0.2) is 18.7 Å². The summed E-state index contributed by atoms with van der Waals surface area (Å²) >= 11 is 1.66. The number of hydrogen-bond acceptors (Lipinski definition) is 4. The number of aromatic nitrogens is 1. The summed E-state index contributed by atoms with van der Waals surface area (Å²) in [5.74, 6) is -0.916. The normalized spacial score (nSPS) is 12.3. The molecular weight excluding hydrogens is 416 g/mol. The maximum Gasteiger partial charge on any atom is 0.336 e. The number of hydrogen-bond donors (Lipinski definition) is 2. The lowest BCUT2D eigenvalue weighted by molar-refractivity contribution is 0.0695. The topological polar surface area (TPSA) is 79.3 Å². The van der Waals surface area contributed by atoms with E-state index in [1.54, 1.807) is 23.5 Å². The molecule has 0 aliphatic rings. The number of nitrogens with zero attached hydrogens (tertiary/aromatic N) is 1. The Hall–Kier alpha value is -2.35. The second kappa shape index (κ2) is 9.64. The highest BCUT2D eigenvalue weighted by Gasteiger charge is 2.16. The average molecular weight is 443 g/mol. The van der Waals surface area contributed by atoms with Gasteiger partial charge in [-0.2, -0.15) is 0 Å². The van der Waals surface area contributed by atoms with Crippen molar-refractivity contribution in [2.45, 2.75) is 44.9 Å². The quantitative estimate of drug-likeness (QED) is 0.508. The van der Waals surface area contributed by atoms with Crippen molar-refractivity contribution < 1.29 is 14.1 Å². The summed E-state index contributed by atoms with van der Waals surface area (Å²) < 4.78 is 15.6. The molecule has 0 amide bonds. The first-order chi connectivity index (χ1) is 14.3. The molecule has 7 heteroatoms. The zero-order chi connectivity index (χ0) is 21.8. The molecule has 30 heavy (non-hydrogen) atoms. The summed E-state index contributed by atoms with van der Waals surface area (Å²) in [5.41, 5.74) is 4.25. The molecule has 0 aliphatic carbocycles. The van der Waals surface area contributed by atoms with Gasteiger partial charge < -0.3 is 5.11 Å². The van der Waals surface area contributed by atoms with Crippen molar-refractivity contribution in [2.75, 3.05) is 6.54 Å². The molecule has 158 valence electrons. The Morgan fingerprint density at radius 1 is 1.17 bits per heavy atom. The summed E-state index contributed by atoms with van der Waals surface area (Å²) in [6, 6.07) is 13.3. The lowest BCUT2D eigenvalue weighted by Crippen LogP contribution is -2.21. The smallest absolute Gasteiger partial charge is 0.336 e. The number of rotatable bonds is 8. The molecule has 0 radical (unpaired) electrons. The predicted molar refractivity (Wildman–Crippen MR) is 123 cm³/mol. The Morgan fingerprint density at radius 3 is 2.50 bits per heavy atom. The summed E-state index contributed by atoms with van der Waals surface area (Å²) in [6.07, 6.45) is 0.649. The van der Waals surface area contributed by atoms with E-state index in [1.165, 1.54) is 11.6 Å². The van der Waals surface area contributed by atoms with Crippen LogP contribution < -0.4 is 4.72 Å². The van der Waals surface area contributed by atoms with E-state index < -0.39 is 17.0 Å². The first-order valence-electron chi connectivity index (χ1n) is 9.82. The first kappa shape index (κ1) is 22.3. The minimum absolute atomic E-state index is 0.0851. The highest BCUT2D eigenvalue weighted by molar-refractivity contribution is 7.83. The lowest BCUT2D eigenvalue weighted by atomic mass is 9.97. The number of aryl methyl sites for hydroxylation is 2. The third-order valence-electron chi connectivity index (χ3n) is 4.88. The van der Waals surface area contributed by atoms with Crippen LogP contribution >= 0.6 is 11.3 Å². The van der Waals surface area contributed by atoms with Crippen molar-refractivity contribution in [1.29, 1.82) is 0 Å². The molecule has 5 nitrogen and oxygen atoms in total. The minimum Gasteiger partial charge on any atom is -0.478 e. The van der Waals surface area contributed by atoms with Crippen molar-refractivity contribution in [2.24, 2.45) is 0 Å². The third-order valence-corrected chi connectivity index (χ3v) is 7.09. The minimum atomic E-state index is -1.48. The first-order valence-corrected chi connectivity index (χ1v) is 11.8. The van der Waals surface area contributed by atoms with Crippen molar-refractivity contribution in [3.63, 3.8) is 0 Å². The Morgan fingerprint density at radius 2 is 1.87 bits per heavy atom. The molecule has 1 aromatic heterocycles. The Kier molecular flexibility index (Phi) is 7.18. The second-order valence-corrected chi connectivity index (χ2v) is 10.0. The number of nitrogens with one attached hydrogen (secondary N) is 1. The van der Waals surface area contributed by atoms with Crippen LogP contribution in [-0.2, 0) is 17.4 Å². The number of carboxylic acid groups (broad SMARTS) is 1. The summed E-state index contributed by atoms with van der Waals surface area (Å²) in [5, 5.41) is 10.4. The van der Waals surface area contributed by atoms with E-state index in [0.29, 0.717) is 17.9 Å². The van der Waals surface area contributed by atoms with Crippen LogP contribution in [0.2, 0.25) is 0 Å². The van der Waals surface area contributed by atoms with Gasteiger partial charge in [-0.15, -0.1) is 11.3 Å². The molecule has 2 aromatic carbocycles. The van der Waals surface area contributed by atoms with E-state index in [2.05, 4.69) is 35.9 Å². The number of aromatic carboxylic acids is 1. The van der Waals surface area contributed by atoms with Gasteiger partial charge >= 0.3 is 5.97 Å². The highest BCUT2D eigenvalue weighted by Crippen LogP contribution is 2.28. The molecule has 1 atom stereocenters. The van der Waals surface area contributed by atoms with Crippen molar-refractivity contribution in [3.05, 3.63) is 69.7 Å². The standard InChI is InChI=1S/C23H26N2O3S2/c1-14(2)19-10-9-18(13-20(19)23(26)27)30(28)24-12-11-21-16(4)29-22(25-21)17-7-5-15(3)6-8-17/h5-10,13-14,24H,11-12H2,1-4H3,(H,26,27). The molecule has 0 aliphatic heterocycles. The molecule has 0 fully saturated rings. The van der Waals surface area contributed by atoms with Gasteiger partial charge in [-0.1, -0.05) is 49.7 Å². The Balaban J connectivity index is 1.65. The molecule has 0 saturated carbocycles. The number of carboxylic acids is 1. The van der Waals surface area contributed by atoms with Gasteiger partial charge in [0.2, 0.25) is 0 Å². The maximum atomic E-state index is 12.6. The van der Waals surface area contributed by atoms with E-state index in [4.69, 9.17) is 4.98 Å². The van der Waals surface area contributed by atoms with E-state index in [1.807, 2.05) is 20.8 Å². The largest absolute Gasteiger partial charge is 0.478 e. The van der Waals surface area contributed by atoms with Gasteiger partial charge in [0.05, 0.1) is 16.2 Å². The van der Waals surface area contributed by atoms with Crippen LogP contribution in [0.25, 0.3) is 10.6 Å². The summed E-state index contributed by atoms with van der Waals surface area (Å²) in [6.45, 7) is 8.48. The monoisotopic (exact) mass is 442 g/mol. The third kappa shape index (κ3) is 5.22. The Labute approximate surface area is 183 Å². The molecule has 3 aromatic rings. The van der Waals surface area contributed by atoms with E-state index in [-0.39, 0.29) is 11.5 Å². The van der Waals surface area contributed by atoms with Crippen molar-refractivity contribution in [1.82, 2.24) is 9.71 Å². The van der Waals surface area contributed by atoms with Crippen LogP contribution in [0.1, 0.15) is 51.8 Å². The molecular formula is C23H26N2O3S2. The van der Waals surface area contributed by atoms with Gasteiger partial charge in [0, 0.05) is 23.4 Å². The van der Waals surface area contributed by atoms with Gasteiger partial charge in [0.25, 0.3) is 0 Å². The van der Waals surface area contributed by atoms with Crippen molar-refractivity contribution >= 4 is 28.3 Å². The number of thiazole rings is 1. The van der Waals surface area contributed by atoms with Crippen LogP contribution in [-0.4, -0.2) is 26.8 Å². The molecule has 2 N–H and O–H groups in total. The van der Waals surface area contributed by atoms with Gasteiger partial charge in [0.15, 0.2) is 0 Å². The van der Waals surface area contributed by atoms with E-state index in [9.17, 15) is 14.1 Å². The highest BCUT2D eigenvalue weighted by atomic mass is 32.2. The predicted octanol–water partition coefficient (Wildman–Crippen LogP) is 5.10. The fourth-order valence-corrected chi connectivity index (χ4v) is 5.00. The van der Waals surface area contributed by atoms with Crippen LogP contribution in [0, 0.1) is 13.8 Å². The van der Waals surface area contributed by atoms with Gasteiger partial charge in [-0.3, -0.25) is 0 Å². The molecule has 0 bridgehead atoms. The molecule has 3 rings (SSSR count). The van der Waals surface area contributed by atoms with Gasteiger partial charge in [-0.05, 0) is 37.5 Å². The molecule has 0 saturated heterocycles. The molecule has 1 unspecified atom stereocenters. The SMILES string of the molecule is Cc1ccc(-c2nc(CCNS(=O)c3ccc(C(C)C)c(C(=O)O)c3)c(C)s2)cc1. The zero-order valence-electron chi connectivity index (χ0n) is 17.6. The molecule has 0 spiro atoms. The van der Waals surface area contributed by atoms with Crippen LogP contribution in [0.4, 0.5) is 0 Å². The number of benzene rings is 2. The van der Waals surface area contributed by atoms with Crippen LogP contribution in [0.3, 0.4) is 0 Å². The molecule has 1 heterocycles. The van der Waals surface area contributed by atoms with Crippen LogP contribution in [0.5, 0.6) is 0 Å². The van der Waals surface area contributed by atoms with Crippen LogP contribution in [0.15, 0.2) is 47.4 Å². The number of carbonyl (C=O) groups is 1. The average Bonchev–Trinajstić information content (AvgIpc) is 3.08. The lowest BCUT2D eigenvalue weighted by Gasteiger charge is -2.12. The maximum absolute atomic E-state index is 12.6. The Bertz CT molecular complexity index is 1070. The fraction of sp³-hybridized carbons (Fsp3) is 0.304.